The van der Waals surface area contributed by atoms with Crippen LogP contribution in [0.15, 0.2) is 23.5 Å². The summed E-state index contributed by atoms with van der Waals surface area (Å²) in [6, 6.07) is 0. The van der Waals surface area contributed by atoms with E-state index in [1.165, 1.54) is 20.1 Å². The van der Waals surface area contributed by atoms with E-state index in [0.717, 1.165) is 18.0 Å². The second-order valence-electron chi connectivity index (χ2n) is 7.47. The third-order valence-corrected chi connectivity index (χ3v) is 6.41. The Morgan fingerprint density at radius 3 is 2.42 bits per heavy atom. The number of aliphatic hydroxyl groups excluding tert-OH is 5. The van der Waals surface area contributed by atoms with Gasteiger partial charge in [-0.2, -0.15) is 0 Å². The largest absolute Gasteiger partial charge is 0.471 e. The molecule has 12 heteroatoms. The molecule has 1 aliphatic carbocycles. The van der Waals surface area contributed by atoms with Gasteiger partial charge in [-0.25, -0.2) is 4.79 Å². The van der Waals surface area contributed by atoms with Gasteiger partial charge in [0, 0.05) is 18.6 Å². The van der Waals surface area contributed by atoms with Gasteiger partial charge in [0.25, 0.3) is 0 Å². The molecule has 0 aromatic carbocycles. The predicted octanol–water partition coefficient (Wildman–Crippen LogP) is -1.97. The van der Waals surface area contributed by atoms with Gasteiger partial charge < -0.3 is 44.5 Å². The van der Waals surface area contributed by atoms with E-state index >= 15 is 0 Å². The Morgan fingerprint density at radius 1 is 1.10 bits per heavy atom. The van der Waals surface area contributed by atoms with Crippen LogP contribution in [0.5, 0.6) is 0 Å². The highest BCUT2D eigenvalue weighted by molar-refractivity contribution is 8.13. The molecule has 2 aliphatic heterocycles. The Morgan fingerprint density at radius 2 is 1.81 bits per heavy atom. The zero-order valence-electron chi connectivity index (χ0n) is 16.9. The van der Waals surface area contributed by atoms with Gasteiger partial charge in [-0.3, -0.25) is 4.79 Å². The van der Waals surface area contributed by atoms with Crippen LogP contribution >= 0.6 is 11.8 Å². The van der Waals surface area contributed by atoms with Gasteiger partial charge in [0.2, 0.25) is 6.29 Å². The molecule has 0 saturated carbocycles. The number of carbonyl (C=O) groups is 2. The van der Waals surface area contributed by atoms with E-state index < -0.39 is 67.5 Å². The number of hydrogen-bond donors (Lipinski definition) is 5. The van der Waals surface area contributed by atoms with Gasteiger partial charge in [-0.1, -0.05) is 23.4 Å². The van der Waals surface area contributed by atoms with Crippen LogP contribution in [0.2, 0.25) is 0 Å². The SMILES string of the molecule is COC(=O)C1=CO[C@@H](O[C@@H]2O[C@H](CO)[C@@H](O)[C@H](O)[C@H]2O)[C@@H]2C(CSC(C)=O)=C[C@H](O)[C@H]12. The summed E-state index contributed by atoms with van der Waals surface area (Å²) in [7, 11) is 1.19. The zero-order chi connectivity index (χ0) is 22.9. The van der Waals surface area contributed by atoms with E-state index in [0.29, 0.717) is 5.57 Å². The van der Waals surface area contributed by atoms with Crippen molar-refractivity contribution in [1.29, 1.82) is 0 Å². The second kappa shape index (κ2) is 9.96. The third kappa shape index (κ3) is 4.81. The minimum Gasteiger partial charge on any atom is -0.471 e. The van der Waals surface area contributed by atoms with Crippen LogP contribution in [0.25, 0.3) is 0 Å². The molecule has 3 aliphatic rings. The molecule has 1 fully saturated rings. The highest BCUT2D eigenvalue weighted by atomic mass is 32.2. The van der Waals surface area contributed by atoms with Crippen molar-refractivity contribution in [3.63, 3.8) is 0 Å². The number of esters is 1. The number of thioether (sulfide) groups is 1. The van der Waals surface area contributed by atoms with Gasteiger partial charge in [-0.15, -0.1) is 0 Å². The quantitative estimate of drug-likeness (QED) is 0.218. The van der Waals surface area contributed by atoms with Gasteiger partial charge in [0.05, 0.1) is 37.6 Å². The highest BCUT2D eigenvalue weighted by Gasteiger charge is 2.52. The van der Waals surface area contributed by atoms with Crippen molar-refractivity contribution in [2.24, 2.45) is 11.8 Å². The molecule has 0 amide bonds. The van der Waals surface area contributed by atoms with Crippen molar-refractivity contribution in [2.45, 2.75) is 50.0 Å². The Hall–Kier alpha value is -1.51. The van der Waals surface area contributed by atoms with Crippen LogP contribution in [-0.2, 0) is 28.5 Å². The van der Waals surface area contributed by atoms with E-state index in [4.69, 9.17) is 18.9 Å². The van der Waals surface area contributed by atoms with Gasteiger partial charge in [0.1, 0.15) is 24.4 Å². The molecule has 174 valence electrons. The first-order chi connectivity index (χ1) is 14.7. The maximum atomic E-state index is 12.2. The van der Waals surface area contributed by atoms with Crippen molar-refractivity contribution in [2.75, 3.05) is 19.5 Å². The van der Waals surface area contributed by atoms with Crippen molar-refractivity contribution in [3.05, 3.63) is 23.5 Å². The lowest BCUT2D eigenvalue weighted by atomic mass is 9.82. The van der Waals surface area contributed by atoms with Crippen LogP contribution in [-0.4, -0.2) is 99.2 Å². The van der Waals surface area contributed by atoms with E-state index in [9.17, 15) is 35.1 Å². The minimum atomic E-state index is -1.66. The van der Waals surface area contributed by atoms with Gasteiger partial charge in [-0.05, 0) is 0 Å². The molecule has 0 spiro atoms. The Bertz CT molecular complexity index is 751. The Balaban J connectivity index is 1.86. The normalized spacial score (nSPS) is 39.8. The van der Waals surface area contributed by atoms with E-state index in [-0.39, 0.29) is 16.4 Å². The molecule has 3 rings (SSSR count). The molecule has 0 aromatic rings. The summed E-state index contributed by atoms with van der Waals surface area (Å²) in [6.07, 6.45) is -7.15. The Kier molecular flexibility index (Phi) is 7.76. The lowest BCUT2D eigenvalue weighted by Crippen LogP contribution is -2.60. The molecular weight excluding hydrogens is 436 g/mol. The lowest BCUT2D eigenvalue weighted by Gasteiger charge is -2.43. The molecule has 0 bridgehead atoms. The zero-order valence-corrected chi connectivity index (χ0v) is 17.7. The monoisotopic (exact) mass is 462 g/mol. The first-order valence-corrected chi connectivity index (χ1v) is 10.6. The molecule has 2 heterocycles. The Labute approximate surface area is 182 Å². The number of rotatable bonds is 6. The molecule has 9 atom stereocenters. The molecule has 5 N–H and O–H groups in total. The standard InChI is InChI=1S/C19H26O11S/c1-7(21)31-6-8-3-10(22)13-9(17(26)27-2)5-28-18(12(8)13)30-19-16(25)15(24)14(23)11(4-20)29-19/h3,5,10-16,18-20,22-25H,4,6H2,1-2H3/t10-,11+,12+,13-,14+,15-,16+,18-,19-/m0/s1. The summed E-state index contributed by atoms with van der Waals surface area (Å²) >= 11 is 1.00. The van der Waals surface area contributed by atoms with Crippen LogP contribution < -0.4 is 0 Å². The summed E-state index contributed by atoms with van der Waals surface area (Å²) in [4.78, 5) is 23.6. The van der Waals surface area contributed by atoms with Crippen LogP contribution in [0.3, 0.4) is 0 Å². The van der Waals surface area contributed by atoms with Crippen molar-refractivity contribution >= 4 is 22.8 Å². The number of aliphatic hydroxyl groups is 5. The maximum absolute atomic E-state index is 12.2. The summed E-state index contributed by atoms with van der Waals surface area (Å²) in [6.45, 7) is 0.765. The average Bonchev–Trinajstić information content (AvgIpc) is 3.09. The second-order valence-corrected chi connectivity index (χ2v) is 8.62. The van der Waals surface area contributed by atoms with E-state index in [2.05, 4.69) is 0 Å². The fourth-order valence-electron chi connectivity index (χ4n) is 3.96. The number of carbonyl (C=O) groups excluding carboxylic acids is 2. The molecule has 11 nitrogen and oxygen atoms in total. The van der Waals surface area contributed by atoms with Crippen molar-refractivity contribution < 1.29 is 54.1 Å². The number of ether oxygens (including phenoxy) is 4. The van der Waals surface area contributed by atoms with Crippen molar-refractivity contribution in [3.8, 4) is 0 Å². The minimum absolute atomic E-state index is 0.0766. The summed E-state index contributed by atoms with van der Waals surface area (Å²) < 4.78 is 21.4. The van der Waals surface area contributed by atoms with Crippen LogP contribution in [0.4, 0.5) is 0 Å². The first-order valence-electron chi connectivity index (χ1n) is 9.61. The fourth-order valence-corrected chi connectivity index (χ4v) is 4.62. The molecular formula is C19H26O11S. The molecule has 0 aromatic heterocycles. The molecule has 31 heavy (non-hydrogen) atoms. The fraction of sp³-hybridized carbons (Fsp3) is 0.684. The average molecular weight is 462 g/mol. The summed E-state index contributed by atoms with van der Waals surface area (Å²) in [5.41, 5.74) is 0.662. The lowest BCUT2D eigenvalue weighted by molar-refractivity contribution is -0.340. The highest BCUT2D eigenvalue weighted by Crippen LogP contribution is 2.45. The number of fused-ring (bicyclic) bond motifs is 1. The number of hydrogen-bond acceptors (Lipinski definition) is 12. The first kappa shape index (κ1) is 24.1. The molecule has 0 radical (unpaired) electrons. The van der Waals surface area contributed by atoms with Crippen molar-refractivity contribution in [1.82, 2.24) is 0 Å². The maximum Gasteiger partial charge on any atom is 0.337 e. The molecule has 1 saturated heterocycles. The molecule has 0 unspecified atom stereocenters. The summed E-state index contributed by atoms with van der Waals surface area (Å²) in [5, 5.41) is 50.0. The van der Waals surface area contributed by atoms with Gasteiger partial charge >= 0.3 is 5.97 Å². The third-order valence-electron chi connectivity index (χ3n) is 5.53. The summed E-state index contributed by atoms with van der Waals surface area (Å²) in [5.74, 6) is -2.01. The van der Waals surface area contributed by atoms with Crippen LogP contribution in [0.1, 0.15) is 6.92 Å². The van der Waals surface area contributed by atoms with E-state index in [1.807, 2.05) is 0 Å². The van der Waals surface area contributed by atoms with Crippen LogP contribution in [0, 0.1) is 11.8 Å². The smallest absolute Gasteiger partial charge is 0.337 e. The van der Waals surface area contributed by atoms with Gasteiger partial charge in [0.15, 0.2) is 11.4 Å². The van der Waals surface area contributed by atoms with E-state index in [1.54, 1.807) is 0 Å². The predicted molar refractivity (Wildman–Crippen MR) is 104 cm³/mol. The topological polar surface area (TPSA) is 172 Å². The number of methoxy groups -OCH3 is 1.